The highest BCUT2D eigenvalue weighted by Gasteiger charge is 2.50. The van der Waals surface area contributed by atoms with Gasteiger partial charge in [-0.25, -0.2) is 9.59 Å². The van der Waals surface area contributed by atoms with E-state index in [-0.39, 0.29) is 11.3 Å². The van der Waals surface area contributed by atoms with Gasteiger partial charge < -0.3 is 14.9 Å². The van der Waals surface area contributed by atoms with Crippen LogP contribution in [0, 0.1) is 0 Å². The Morgan fingerprint density at radius 1 is 1.09 bits per heavy atom. The van der Waals surface area contributed by atoms with Crippen LogP contribution in [0.2, 0.25) is 0 Å². The van der Waals surface area contributed by atoms with Gasteiger partial charge in [-0.3, -0.25) is 9.69 Å². The van der Waals surface area contributed by atoms with Crippen molar-refractivity contribution in [3.05, 3.63) is 29.8 Å². The number of anilines is 1. The van der Waals surface area contributed by atoms with Crippen LogP contribution in [0.3, 0.4) is 0 Å². The van der Waals surface area contributed by atoms with E-state index in [9.17, 15) is 24.6 Å². The minimum absolute atomic E-state index is 0.247. The number of benzene rings is 1. The number of aliphatic carboxylic acids is 2. The van der Waals surface area contributed by atoms with Crippen molar-refractivity contribution in [1.29, 1.82) is 0 Å². The summed E-state index contributed by atoms with van der Waals surface area (Å²) in [5.41, 5.74) is -0.291. The van der Waals surface area contributed by atoms with Crippen LogP contribution in [0.5, 0.6) is 0 Å². The van der Waals surface area contributed by atoms with Crippen molar-refractivity contribution in [1.82, 2.24) is 0 Å². The smallest absolute Gasteiger partial charge is 0.415 e. The number of nitrogens with zero attached hydrogens (tertiary/aromatic N) is 1. The molecule has 0 radical (unpaired) electrons. The fourth-order valence-electron chi connectivity index (χ4n) is 2.48. The lowest BCUT2D eigenvalue weighted by Gasteiger charge is -2.28. The second-order valence-corrected chi connectivity index (χ2v) is 6.01. The lowest BCUT2D eigenvalue weighted by Crippen LogP contribution is -2.48. The van der Waals surface area contributed by atoms with Crippen molar-refractivity contribution >= 4 is 23.7 Å². The van der Waals surface area contributed by atoms with E-state index in [1.165, 1.54) is 12.1 Å². The zero-order valence-corrected chi connectivity index (χ0v) is 12.4. The minimum Gasteiger partial charge on any atom is -0.481 e. The third-order valence-corrected chi connectivity index (χ3v) is 3.23. The predicted octanol–water partition coefficient (Wildman–Crippen LogP) is 2.06. The van der Waals surface area contributed by atoms with Crippen LogP contribution in [0.25, 0.3) is 0 Å². The fourth-order valence-corrected chi connectivity index (χ4v) is 2.48. The van der Waals surface area contributed by atoms with Crippen molar-refractivity contribution in [2.24, 2.45) is 0 Å². The Morgan fingerprint density at radius 3 is 2.18 bits per heavy atom. The van der Waals surface area contributed by atoms with Crippen LogP contribution in [0.15, 0.2) is 24.3 Å². The third kappa shape index (κ3) is 2.74. The summed E-state index contributed by atoms with van der Waals surface area (Å²) in [6, 6.07) is 4.70. The number of ether oxygens (including phenoxy) is 1. The molecule has 0 unspecified atom stereocenters. The van der Waals surface area contributed by atoms with Crippen LogP contribution in [0.4, 0.5) is 10.5 Å². The summed E-state index contributed by atoms with van der Waals surface area (Å²) in [4.78, 5) is 36.3. The van der Waals surface area contributed by atoms with Gasteiger partial charge in [0.25, 0.3) is 0 Å². The van der Waals surface area contributed by atoms with E-state index in [0.29, 0.717) is 0 Å². The van der Waals surface area contributed by atoms with Crippen molar-refractivity contribution in [2.45, 2.75) is 38.3 Å². The number of amides is 1. The highest BCUT2D eigenvalue weighted by atomic mass is 16.6. The van der Waals surface area contributed by atoms with E-state index in [0.717, 1.165) is 4.90 Å². The number of fused-ring (bicyclic) bond motifs is 1. The van der Waals surface area contributed by atoms with Gasteiger partial charge in [0.2, 0.25) is 0 Å². The van der Waals surface area contributed by atoms with E-state index in [1.807, 2.05) is 0 Å². The van der Waals surface area contributed by atoms with E-state index in [1.54, 1.807) is 32.9 Å². The minimum atomic E-state index is -1.54. The summed E-state index contributed by atoms with van der Waals surface area (Å²) in [7, 11) is 0. The number of hydrogen-bond acceptors (Lipinski definition) is 4. The zero-order chi connectivity index (χ0) is 16.7. The fraction of sp³-hybridized carbons (Fsp3) is 0.400. The summed E-state index contributed by atoms with van der Waals surface area (Å²) in [5, 5.41) is 18.8. The Balaban J connectivity index is 2.53. The van der Waals surface area contributed by atoms with Gasteiger partial charge in [0.05, 0.1) is 5.69 Å². The Morgan fingerprint density at radius 2 is 1.68 bits per heavy atom. The summed E-state index contributed by atoms with van der Waals surface area (Å²) < 4.78 is 5.22. The molecule has 1 aromatic rings. The second kappa shape index (κ2) is 5.32. The molecule has 1 aromatic carbocycles. The molecule has 1 aliphatic rings. The van der Waals surface area contributed by atoms with Crippen LogP contribution >= 0.6 is 0 Å². The Hall–Kier alpha value is -2.57. The summed E-state index contributed by atoms with van der Waals surface area (Å²) in [6.07, 6.45) is -0.879. The highest BCUT2D eigenvalue weighted by molar-refractivity contribution is 6.04. The number of carbonyl (C=O) groups is 3. The number of rotatable bonds is 2. The van der Waals surface area contributed by atoms with Crippen molar-refractivity contribution in [3.63, 3.8) is 0 Å². The maximum Gasteiger partial charge on any atom is 0.415 e. The molecule has 7 heteroatoms. The van der Waals surface area contributed by atoms with Gasteiger partial charge in [0, 0.05) is 0 Å². The summed E-state index contributed by atoms with van der Waals surface area (Å²) >= 11 is 0. The van der Waals surface area contributed by atoms with Crippen LogP contribution in [-0.2, 0) is 14.3 Å². The molecule has 2 atom stereocenters. The molecule has 22 heavy (non-hydrogen) atoms. The van der Waals surface area contributed by atoms with Crippen LogP contribution in [0.1, 0.15) is 32.3 Å². The number of carboxylic acids is 2. The first-order chi connectivity index (χ1) is 10.1. The molecule has 0 aromatic heterocycles. The molecule has 2 rings (SSSR count). The standard InChI is InChI=1S/C15H17NO6/c1-15(2,3)22-14(21)16-9-7-5-4-6-8(9)10(12(17)18)11(16)13(19)20/h4-7,10-11H,1-3H3,(H,17,18)(H,19,20)/t10-,11-/m0/s1. The first kappa shape index (κ1) is 15.8. The number of para-hydroxylation sites is 1. The second-order valence-electron chi connectivity index (χ2n) is 6.01. The van der Waals surface area contributed by atoms with E-state index >= 15 is 0 Å². The highest BCUT2D eigenvalue weighted by Crippen LogP contribution is 2.42. The van der Waals surface area contributed by atoms with E-state index in [2.05, 4.69) is 0 Å². The van der Waals surface area contributed by atoms with Gasteiger partial charge in [0.1, 0.15) is 11.5 Å². The molecular formula is C15H17NO6. The molecule has 0 fully saturated rings. The average Bonchev–Trinajstić information content (AvgIpc) is 2.71. The molecule has 0 aliphatic carbocycles. The number of carbonyl (C=O) groups excluding carboxylic acids is 1. The Labute approximate surface area is 127 Å². The van der Waals surface area contributed by atoms with Gasteiger partial charge in [-0.2, -0.15) is 0 Å². The average molecular weight is 307 g/mol. The molecule has 118 valence electrons. The molecule has 0 bridgehead atoms. The normalized spacial score (nSPS) is 20.4. The molecule has 7 nitrogen and oxygen atoms in total. The third-order valence-electron chi connectivity index (χ3n) is 3.23. The van der Waals surface area contributed by atoms with Gasteiger partial charge in [-0.15, -0.1) is 0 Å². The summed E-state index contributed by atoms with van der Waals surface area (Å²) in [6.45, 7) is 4.95. The molecule has 0 saturated heterocycles. The van der Waals surface area contributed by atoms with Gasteiger partial charge in [-0.05, 0) is 32.4 Å². The molecule has 0 spiro atoms. The first-order valence-electron chi connectivity index (χ1n) is 6.70. The number of hydrogen-bond donors (Lipinski definition) is 2. The maximum atomic E-state index is 12.4. The van der Waals surface area contributed by atoms with Crippen LogP contribution in [-0.4, -0.2) is 39.9 Å². The monoisotopic (exact) mass is 307 g/mol. The lowest BCUT2D eigenvalue weighted by molar-refractivity contribution is -0.146. The summed E-state index contributed by atoms with van der Waals surface area (Å²) in [5.74, 6) is -4.03. The Kier molecular flexibility index (Phi) is 3.83. The molecule has 1 aliphatic heterocycles. The van der Waals surface area contributed by atoms with Gasteiger partial charge in [0.15, 0.2) is 6.04 Å². The van der Waals surface area contributed by atoms with Crippen molar-refractivity contribution in [2.75, 3.05) is 4.90 Å². The SMILES string of the molecule is CC(C)(C)OC(=O)N1c2ccccc2[C@H](C(=O)O)[C@H]1C(=O)O. The lowest BCUT2D eigenvalue weighted by atomic mass is 9.95. The van der Waals surface area contributed by atoms with E-state index < -0.39 is 35.6 Å². The van der Waals surface area contributed by atoms with E-state index in [4.69, 9.17) is 4.74 Å². The maximum absolute atomic E-state index is 12.4. The molecular weight excluding hydrogens is 290 g/mol. The molecule has 2 N–H and O–H groups in total. The Bertz CT molecular complexity index is 633. The topological polar surface area (TPSA) is 104 Å². The quantitative estimate of drug-likeness (QED) is 0.866. The molecule has 0 saturated carbocycles. The van der Waals surface area contributed by atoms with Gasteiger partial charge >= 0.3 is 18.0 Å². The molecule has 1 heterocycles. The number of carboxylic acid groups (broad SMARTS) is 2. The van der Waals surface area contributed by atoms with Gasteiger partial charge in [-0.1, -0.05) is 18.2 Å². The zero-order valence-electron chi connectivity index (χ0n) is 12.4. The predicted molar refractivity (Wildman–Crippen MR) is 77.0 cm³/mol. The molecule has 1 amide bonds. The first-order valence-corrected chi connectivity index (χ1v) is 6.70. The largest absolute Gasteiger partial charge is 0.481 e. The van der Waals surface area contributed by atoms with Crippen molar-refractivity contribution in [3.8, 4) is 0 Å². The van der Waals surface area contributed by atoms with Crippen molar-refractivity contribution < 1.29 is 29.3 Å². The van der Waals surface area contributed by atoms with Crippen LogP contribution < -0.4 is 4.90 Å².